The van der Waals surface area contributed by atoms with Gasteiger partial charge in [-0.05, 0) is 60.0 Å². The predicted octanol–water partition coefficient (Wildman–Crippen LogP) is 6.98. The lowest BCUT2D eigenvalue weighted by Gasteiger charge is -2.07. The number of para-hydroxylation sites is 1. The first-order valence-corrected chi connectivity index (χ1v) is 10.7. The van der Waals surface area contributed by atoms with Crippen LogP contribution in [-0.4, -0.2) is 11.1 Å². The summed E-state index contributed by atoms with van der Waals surface area (Å²) in [4.78, 5) is 0. The molecule has 0 aliphatic carbocycles. The average molecular weight is 444 g/mol. The highest BCUT2D eigenvalue weighted by Gasteiger charge is 2.09. The van der Waals surface area contributed by atoms with Crippen molar-refractivity contribution >= 4 is 45.7 Å². The van der Waals surface area contributed by atoms with Gasteiger partial charge in [-0.3, -0.25) is 0 Å². The Hall–Kier alpha value is -1.97. The third-order valence-electron chi connectivity index (χ3n) is 5.03. The van der Waals surface area contributed by atoms with Crippen LogP contribution in [0.2, 0.25) is 15.1 Å². The highest BCUT2D eigenvalue weighted by Crippen LogP contribution is 2.26. The van der Waals surface area contributed by atoms with Crippen LogP contribution < -0.4 is 5.32 Å². The topological polar surface area (TPSA) is 17.0 Å². The molecule has 4 rings (SSSR count). The Kier molecular flexibility index (Phi) is 6.46. The Morgan fingerprint density at radius 1 is 0.793 bits per heavy atom. The van der Waals surface area contributed by atoms with Gasteiger partial charge in [-0.1, -0.05) is 71.2 Å². The Balaban J connectivity index is 1.46. The second-order valence-corrected chi connectivity index (χ2v) is 8.35. The summed E-state index contributed by atoms with van der Waals surface area (Å²) < 4.78 is 2.27. The summed E-state index contributed by atoms with van der Waals surface area (Å²) >= 11 is 18.2. The van der Waals surface area contributed by atoms with Crippen molar-refractivity contribution in [2.75, 3.05) is 6.54 Å². The van der Waals surface area contributed by atoms with Gasteiger partial charge < -0.3 is 9.88 Å². The smallest absolute Gasteiger partial charge is 0.0595 e. The molecule has 2 nitrogen and oxygen atoms in total. The SMILES string of the molecule is Clc1ccc(CCNCc2cn(Cc3ccc(Cl)c(Cl)c3)c3ccccc23)cc1. The van der Waals surface area contributed by atoms with E-state index in [0.717, 1.165) is 36.6 Å². The van der Waals surface area contributed by atoms with Gasteiger partial charge in [0.1, 0.15) is 0 Å². The molecule has 0 saturated carbocycles. The van der Waals surface area contributed by atoms with Gasteiger partial charge in [0, 0.05) is 35.2 Å². The molecular formula is C24H21Cl3N2. The van der Waals surface area contributed by atoms with Crippen LogP contribution in [0.25, 0.3) is 10.9 Å². The fourth-order valence-electron chi connectivity index (χ4n) is 3.54. The van der Waals surface area contributed by atoms with Crippen LogP contribution in [0.3, 0.4) is 0 Å². The van der Waals surface area contributed by atoms with E-state index in [2.05, 4.69) is 52.5 Å². The molecule has 0 fully saturated rings. The largest absolute Gasteiger partial charge is 0.343 e. The van der Waals surface area contributed by atoms with Gasteiger partial charge in [0.15, 0.2) is 0 Å². The number of aromatic nitrogens is 1. The summed E-state index contributed by atoms with van der Waals surface area (Å²) in [6.45, 7) is 2.48. The van der Waals surface area contributed by atoms with Crippen molar-refractivity contribution in [3.05, 3.63) is 105 Å². The minimum Gasteiger partial charge on any atom is -0.343 e. The van der Waals surface area contributed by atoms with Crippen molar-refractivity contribution in [2.45, 2.75) is 19.5 Å². The maximum Gasteiger partial charge on any atom is 0.0595 e. The van der Waals surface area contributed by atoms with E-state index in [1.54, 1.807) is 0 Å². The van der Waals surface area contributed by atoms with Crippen molar-refractivity contribution in [1.82, 2.24) is 9.88 Å². The van der Waals surface area contributed by atoms with Crippen molar-refractivity contribution < 1.29 is 0 Å². The highest BCUT2D eigenvalue weighted by molar-refractivity contribution is 6.42. The number of benzene rings is 3. The average Bonchev–Trinajstić information content (AvgIpc) is 3.07. The Bertz CT molecular complexity index is 1120. The van der Waals surface area contributed by atoms with Crippen LogP contribution in [0.1, 0.15) is 16.7 Å². The fourth-order valence-corrected chi connectivity index (χ4v) is 3.98. The van der Waals surface area contributed by atoms with Crippen LogP contribution in [0.4, 0.5) is 0 Å². The van der Waals surface area contributed by atoms with Crippen LogP contribution in [-0.2, 0) is 19.5 Å². The van der Waals surface area contributed by atoms with Crippen molar-refractivity contribution in [2.24, 2.45) is 0 Å². The van der Waals surface area contributed by atoms with E-state index in [-0.39, 0.29) is 0 Å². The number of hydrogen-bond acceptors (Lipinski definition) is 1. The van der Waals surface area contributed by atoms with E-state index >= 15 is 0 Å². The first-order chi connectivity index (χ1) is 14.1. The number of rotatable bonds is 7. The molecule has 0 amide bonds. The van der Waals surface area contributed by atoms with Crippen molar-refractivity contribution in [3.8, 4) is 0 Å². The summed E-state index contributed by atoms with van der Waals surface area (Å²) in [7, 11) is 0. The zero-order chi connectivity index (χ0) is 20.2. The molecule has 4 aromatic rings. The lowest BCUT2D eigenvalue weighted by molar-refractivity contribution is 0.686. The van der Waals surface area contributed by atoms with Gasteiger partial charge in [-0.2, -0.15) is 0 Å². The normalized spacial score (nSPS) is 11.3. The Morgan fingerprint density at radius 2 is 1.55 bits per heavy atom. The molecule has 0 spiro atoms. The molecule has 0 aliphatic heterocycles. The van der Waals surface area contributed by atoms with E-state index in [4.69, 9.17) is 34.8 Å². The molecule has 0 bridgehead atoms. The fraction of sp³-hybridized carbons (Fsp3) is 0.167. The van der Waals surface area contributed by atoms with Crippen LogP contribution >= 0.6 is 34.8 Å². The zero-order valence-corrected chi connectivity index (χ0v) is 18.1. The molecule has 0 unspecified atom stereocenters. The molecule has 0 aliphatic rings. The molecule has 148 valence electrons. The summed E-state index contributed by atoms with van der Waals surface area (Å²) in [5.74, 6) is 0. The van der Waals surface area contributed by atoms with Gasteiger partial charge in [-0.25, -0.2) is 0 Å². The predicted molar refractivity (Wildman–Crippen MR) is 124 cm³/mol. The summed E-state index contributed by atoms with van der Waals surface area (Å²) in [6.07, 6.45) is 3.20. The number of halogens is 3. The lowest BCUT2D eigenvalue weighted by atomic mass is 10.1. The second kappa shape index (κ2) is 9.23. The molecule has 0 radical (unpaired) electrons. The van der Waals surface area contributed by atoms with Gasteiger partial charge in [-0.15, -0.1) is 0 Å². The van der Waals surface area contributed by atoms with E-state index in [1.807, 2.05) is 30.3 Å². The second-order valence-electron chi connectivity index (χ2n) is 7.10. The summed E-state index contributed by atoms with van der Waals surface area (Å²) in [5.41, 5.74) is 4.91. The van der Waals surface area contributed by atoms with E-state index in [1.165, 1.54) is 22.0 Å². The first-order valence-electron chi connectivity index (χ1n) is 9.56. The third-order valence-corrected chi connectivity index (χ3v) is 6.02. The lowest BCUT2D eigenvalue weighted by Crippen LogP contribution is -2.16. The van der Waals surface area contributed by atoms with E-state index in [0.29, 0.717) is 10.0 Å². The summed E-state index contributed by atoms with van der Waals surface area (Å²) in [5, 5.41) is 6.78. The quantitative estimate of drug-likeness (QED) is 0.305. The monoisotopic (exact) mass is 442 g/mol. The van der Waals surface area contributed by atoms with Gasteiger partial charge in [0.05, 0.1) is 10.0 Å². The first kappa shape index (κ1) is 20.3. The molecule has 1 N–H and O–H groups in total. The maximum atomic E-state index is 6.19. The van der Waals surface area contributed by atoms with Gasteiger partial charge in [0.2, 0.25) is 0 Å². The molecule has 29 heavy (non-hydrogen) atoms. The van der Waals surface area contributed by atoms with Gasteiger partial charge in [0.25, 0.3) is 0 Å². The van der Waals surface area contributed by atoms with Crippen LogP contribution in [0.15, 0.2) is 72.9 Å². The molecule has 1 heterocycles. The highest BCUT2D eigenvalue weighted by atomic mass is 35.5. The van der Waals surface area contributed by atoms with E-state index < -0.39 is 0 Å². The minimum atomic E-state index is 0.582. The zero-order valence-electron chi connectivity index (χ0n) is 15.8. The van der Waals surface area contributed by atoms with Crippen molar-refractivity contribution in [3.63, 3.8) is 0 Å². The van der Waals surface area contributed by atoms with Crippen LogP contribution in [0, 0.1) is 0 Å². The molecule has 0 saturated heterocycles. The van der Waals surface area contributed by atoms with Crippen LogP contribution in [0.5, 0.6) is 0 Å². The molecular weight excluding hydrogens is 423 g/mol. The Morgan fingerprint density at radius 3 is 2.34 bits per heavy atom. The Labute approximate surface area is 186 Å². The molecule has 1 aromatic heterocycles. The standard InChI is InChI=1S/C24H21Cl3N2/c25-20-8-5-17(6-9-20)11-12-28-14-19-16-29(24-4-2-1-3-21(19)24)15-18-7-10-22(26)23(27)13-18/h1-10,13,16,28H,11-12,14-15H2. The number of nitrogens with zero attached hydrogens (tertiary/aromatic N) is 1. The summed E-state index contributed by atoms with van der Waals surface area (Å²) in [6, 6.07) is 22.3. The maximum absolute atomic E-state index is 6.19. The molecule has 0 atom stereocenters. The number of nitrogens with one attached hydrogen (secondary N) is 1. The van der Waals surface area contributed by atoms with Crippen molar-refractivity contribution in [1.29, 1.82) is 0 Å². The third kappa shape index (κ3) is 4.96. The number of fused-ring (bicyclic) bond motifs is 1. The van der Waals surface area contributed by atoms with E-state index in [9.17, 15) is 0 Å². The van der Waals surface area contributed by atoms with Gasteiger partial charge >= 0.3 is 0 Å². The minimum absolute atomic E-state index is 0.582. The number of hydrogen-bond donors (Lipinski definition) is 1. The molecule has 5 heteroatoms. The molecule has 3 aromatic carbocycles.